The number of amides is 2. The Balaban J connectivity index is 2.22. The third-order valence-corrected chi connectivity index (χ3v) is 5.53. The van der Waals surface area contributed by atoms with Gasteiger partial charge in [-0.25, -0.2) is 8.42 Å². The average Bonchev–Trinajstić information content (AvgIpc) is 2.71. The molecule has 1 atom stereocenters. The second-order valence-electron chi connectivity index (χ2n) is 7.02. The van der Waals surface area contributed by atoms with Crippen LogP contribution in [0.4, 0.5) is 5.69 Å². The quantitative estimate of drug-likeness (QED) is 0.852. The molecule has 2 amide bonds. The molecule has 0 aromatic heterocycles. The molecule has 1 heterocycles. The summed E-state index contributed by atoms with van der Waals surface area (Å²) in [5, 5.41) is 5.43. The molecule has 0 saturated heterocycles. The molecule has 0 aliphatic carbocycles. The Hall–Kier alpha value is -1.93. The zero-order chi connectivity index (χ0) is 18.3. The normalized spacial score (nSPS) is 17.6. The summed E-state index contributed by atoms with van der Waals surface area (Å²) in [4.78, 5) is 23.7. The Morgan fingerprint density at radius 1 is 1.33 bits per heavy atom. The van der Waals surface area contributed by atoms with Gasteiger partial charge in [0.1, 0.15) is 0 Å². The maximum Gasteiger partial charge on any atom is 0.243 e. The molecule has 0 saturated carbocycles. The van der Waals surface area contributed by atoms with E-state index in [1.54, 1.807) is 13.0 Å². The van der Waals surface area contributed by atoms with Crippen LogP contribution in [-0.4, -0.2) is 43.7 Å². The van der Waals surface area contributed by atoms with Gasteiger partial charge in [-0.05, 0) is 51.5 Å². The highest BCUT2D eigenvalue weighted by molar-refractivity contribution is 7.89. The van der Waals surface area contributed by atoms with Gasteiger partial charge in [0.15, 0.2) is 0 Å². The number of carbonyl (C=O) groups excluding carboxylic acids is 2. The number of carbonyl (C=O) groups is 2. The minimum absolute atomic E-state index is 0.0654. The van der Waals surface area contributed by atoms with Crippen LogP contribution in [0.3, 0.4) is 0 Å². The predicted octanol–water partition coefficient (Wildman–Crippen LogP) is 1.28. The molecular formula is C16H23N3O4S. The van der Waals surface area contributed by atoms with Gasteiger partial charge in [0.25, 0.3) is 0 Å². The number of sulfonamides is 1. The van der Waals surface area contributed by atoms with Crippen LogP contribution in [0, 0.1) is 0 Å². The summed E-state index contributed by atoms with van der Waals surface area (Å²) in [6.07, 6.45) is 0. The van der Waals surface area contributed by atoms with Crippen LogP contribution in [0.25, 0.3) is 0 Å². The highest BCUT2D eigenvalue weighted by Crippen LogP contribution is 2.34. The number of nitrogens with one attached hydrogen (secondary N) is 2. The second-order valence-corrected chi connectivity index (χ2v) is 9.06. The Morgan fingerprint density at radius 3 is 2.54 bits per heavy atom. The predicted molar refractivity (Wildman–Crippen MR) is 91.2 cm³/mol. The molecule has 132 valence electrons. The lowest BCUT2D eigenvalue weighted by molar-refractivity contribution is -0.122. The molecule has 2 N–H and O–H groups in total. The first kappa shape index (κ1) is 18.4. The number of anilines is 1. The minimum Gasteiger partial charge on any atom is -0.350 e. The summed E-state index contributed by atoms with van der Waals surface area (Å²) in [6, 6.07) is 4.50. The van der Waals surface area contributed by atoms with Gasteiger partial charge in [-0.15, -0.1) is 0 Å². The number of nitrogens with zero attached hydrogens (tertiary/aromatic N) is 1. The van der Waals surface area contributed by atoms with Gasteiger partial charge in [-0.1, -0.05) is 0 Å². The molecule has 0 bridgehead atoms. The van der Waals surface area contributed by atoms with Crippen molar-refractivity contribution < 1.29 is 18.0 Å². The van der Waals surface area contributed by atoms with E-state index in [9.17, 15) is 18.0 Å². The van der Waals surface area contributed by atoms with Crippen molar-refractivity contribution in [3.8, 4) is 0 Å². The maximum absolute atomic E-state index is 12.7. The van der Waals surface area contributed by atoms with Crippen molar-refractivity contribution in [2.75, 3.05) is 18.9 Å². The summed E-state index contributed by atoms with van der Waals surface area (Å²) in [5.74, 6) is -0.929. The summed E-state index contributed by atoms with van der Waals surface area (Å²) in [5.41, 5.74) is 0.838. The molecule has 24 heavy (non-hydrogen) atoms. The van der Waals surface area contributed by atoms with Crippen LogP contribution in [0.1, 0.15) is 39.2 Å². The van der Waals surface area contributed by atoms with E-state index < -0.39 is 21.5 Å². The lowest BCUT2D eigenvalue weighted by atomic mass is 10.0. The van der Waals surface area contributed by atoms with E-state index in [1.165, 1.54) is 19.2 Å². The van der Waals surface area contributed by atoms with E-state index in [0.717, 1.165) is 4.31 Å². The van der Waals surface area contributed by atoms with Gasteiger partial charge in [-0.3, -0.25) is 9.59 Å². The Kier molecular flexibility index (Phi) is 4.74. The maximum atomic E-state index is 12.7. The van der Waals surface area contributed by atoms with E-state index >= 15 is 0 Å². The minimum atomic E-state index is -3.82. The third kappa shape index (κ3) is 3.76. The first-order valence-electron chi connectivity index (χ1n) is 7.64. The molecule has 0 radical (unpaired) electrons. The molecule has 1 aliphatic heterocycles. The third-order valence-electron chi connectivity index (χ3n) is 3.73. The lowest BCUT2D eigenvalue weighted by Crippen LogP contribution is -2.46. The second kappa shape index (κ2) is 6.18. The highest BCUT2D eigenvalue weighted by atomic mass is 32.2. The average molecular weight is 353 g/mol. The van der Waals surface area contributed by atoms with Crippen molar-refractivity contribution in [3.05, 3.63) is 23.8 Å². The standard InChI is InChI=1S/C16H23N3O4S/c1-10-12-8-11(6-7-13(12)17-15(10)21)24(22,23)19(5)9-14(20)18-16(2,3)4/h6-8,10H,9H2,1-5H3,(H,17,21)(H,18,20)/t10-/m0/s1. The van der Waals surface area contributed by atoms with Crippen LogP contribution in [0.5, 0.6) is 0 Å². The number of hydrogen-bond donors (Lipinski definition) is 2. The fourth-order valence-electron chi connectivity index (χ4n) is 2.48. The van der Waals surface area contributed by atoms with E-state index in [2.05, 4.69) is 10.6 Å². The Bertz CT molecular complexity index is 781. The largest absolute Gasteiger partial charge is 0.350 e. The molecule has 0 spiro atoms. The van der Waals surface area contributed by atoms with Gasteiger partial charge in [0, 0.05) is 18.3 Å². The fraction of sp³-hybridized carbons (Fsp3) is 0.500. The molecule has 1 aliphatic rings. The van der Waals surface area contributed by atoms with Crippen molar-refractivity contribution in [1.29, 1.82) is 0 Å². The molecule has 2 rings (SSSR count). The monoisotopic (exact) mass is 353 g/mol. The molecule has 8 heteroatoms. The zero-order valence-electron chi connectivity index (χ0n) is 14.5. The van der Waals surface area contributed by atoms with Crippen LogP contribution < -0.4 is 10.6 Å². The summed E-state index contributed by atoms with van der Waals surface area (Å²) in [7, 11) is -2.46. The fourth-order valence-corrected chi connectivity index (χ4v) is 3.64. The van der Waals surface area contributed by atoms with Crippen LogP contribution >= 0.6 is 0 Å². The first-order chi connectivity index (χ1) is 10.9. The van der Waals surface area contributed by atoms with E-state index in [1.807, 2.05) is 20.8 Å². The summed E-state index contributed by atoms with van der Waals surface area (Å²) in [6.45, 7) is 6.92. The molecule has 1 aromatic rings. The van der Waals surface area contributed by atoms with Crippen LogP contribution in [0.15, 0.2) is 23.1 Å². The SMILES string of the molecule is C[C@@H]1C(=O)Nc2ccc(S(=O)(=O)N(C)CC(=O)NC(C)(C)C)cc21. The smallest absolute Gasteiger partial charge is 0.243 e. The molecule has 0 unspecified atom stereocenters. The number of hydrogen-bond acceptors (Lipinski definition) is 4. The van der Waals surface area contributed by atoms with E-state index in [0.29, 0.717) is 11.3 Å². The Labute approximate surface area is 142 Å². The number of rotatable bonds is 4. The molecule has 0 fully saturated rings. The van der Waals surface area contributed by atoms with E-state index in [-0.39, 0.29) is 23.3 Å². The molecule has 7 nitrogen and oxygen atoms in total. The van der Waals surface area contributed by atoms with Gasteiger partial charge < -0.3 is 10.6 Å². The van der Waals surface area contributed by atoms with Gasteiger partial charge in [-0.2, -0.15) is 4.31 Å². The van der Waals surface area contributed by atoms with Crippen molar-refractivity contribution in [3.63, 3.8) is 0 Å². The van der Waals surface area contributed by atoms with Crippen molar-refractivity contribution in [2.24, 2.45) is 0 Å². The summed E-state index contributed by atoms with van der Waals surface area (Å²) >= 11 is 0. The van der Waals surface area contributed by atoms with Crippen molar-refractivity contribution in [2.45, 2.75) is 44.0 Å². The van der Waals surface area contributed by atoms with Gasteiger partial charge >= 0.3 is 0 Å². The number of benzene rings is 1. The van der Waals surface area contributed by atoms with Crippen molar-refractivity contribution >= 4 is 27.5 Å². The van der Waals surface area contributed by atoms with Crippen molar-refractivity contribution in [1.82, 2.24) is 9.62 Å². The van der Waals surface area contributed by atoms with Crippen LogP contribution in [-0.2, 0) is 19.6 Å². The molecule has 1 aromatic carbocycles. The first-order valence-corrected chi connectivity index (χ1v) is 9.08. The zero-order valence-corrected chi connectivity index (χ0v) is 15.3. The summed E-state index contributed by atoms with van der Waals surface area (Å²) < 4.78 is 26.3. The lowest BCUT2D eigenvalue weighted by Gasteiger charge is -2.23. The topological polar surface area (TPSA) is 95.6 Å². The Morgan fingerprint density at radius 2 is 1.96 bits per heavy atom. The van der Waals surface area contributed by atoms with E-state index in [4.69, 9.17) is 0 Å². The highest BCUT2D eigenvalue weighted by Gasteiger charge is 2.30. The van der Waals surface area contributed by atoms with Gasteiger partial charge in [0.2, 0.25) is 21.8 Å². The van der Waals surface area contributed by atoms with Crippen LogP contribution in [0.2, 0.25) is 0 Å². The molecular weight excluding hydrogens is 330 g/mol. The van der Waals surface area contributed by atoms with Gasteiger partial charge in [0.05, 0.1) is 17.4 Å². The number of likely N-dealkylation sites (N-methyl/N-ethyl adjacent to an activating group) is 1. The number of fused-ring (bicyclic) bond motifs is 1.